The summed E-state index contributed by atoms with van der Waals surface area (Å²) in [5, 5.41) is 0. The number of hydrogen-bond donors (Lipinski definition) is 1. The van der Waals surface area contributed by atoms with Crippen LogP contribution >= 0.6 is 15.9 Å². The van der Waals surface area contributed by atoms with Crippen molar-refractivity contribution in [3.05, 3.63) is 34.1 Å². The molecule has 0 heterocycles. The summed E-state index contributed by atoms with van der Waals surface area (Å²) in [4.78, 5) is 11.4. The van der Waals surface area contributed by atoms with Crippen LogP contribution < -0.4 is 5.73 Å². The van der Waals surface area contributed by atoms with Crippen molar-refractivity contribution in [1.29, 1.82) is 0 Å². The molecule has 1 aromatic rings. The van der Waals surface area contributed by atoms with Gasteiger partial charge >= 0.3 is 0 Å². The Morgan fingerprint density at radius 1 is 1.47 bits per heavy atom. The van der Waals surface area contributed by atoms with Crippen LogP contribution in [-0.2, 0) is 11.2 Å². The van der Waals surface area contributed by atoms with Gasteiger partial charge in [-0.15, -0.1) is 0 Å². The van der Waals surface area contributed by atoms with E-state index >= 15 is 0 Å². The number of ketones is 1. The molecular formula is C11H13BrFNO. The minimum Gasteiger partial charge on any atom is -0.330 e. The summed E-state index contributed by atoms with van der Waals surface area (Å²) >= 11 is 3.23. The predicted octanol–water partition coefficient (Wildman–Crippen LogP) is 2.44. The third-order valence-electron chi connectivity index (χ3n) is 2.06. The molecule has 0 fully saturated rings. The second-order valence-electron chi connectivity index (χ2n) is 3.34. The number of halogens is 2. The first-order chi connectivity index (χ1) is 7.13. The van der Waals surface area contributed by atoms with Crippen molar-refractivity contribution in [1.82, 2.24) is 0 Å². The maximum absolute atomic E-state index is 12.8. The molecule has 0 aromatic heterocycles. The number of hydrogen-bond acceptors (Lipinski definition) is 2. The first-order valence-corrected chi connectivity index (χ1v) is 5.58. The predicted molar refractivity (Wildman–Crippen MR) is 61.1 cm³/mol. The zero-order valence-electron chi connectivity index (χ0n) is 8.30. The quantitative estimate of drug-likeness (QED) is 0.896. The number of rotatable bonds is 5. The van der Waals surface area contributed by atoms with Crippen molar-refractivity contribution < 1.29 is 9.18 Å². The highest BCUT2D eigenvalue weighted by molar-refractivity contribution is 9.10. The third-order valence-corrected chi connectivity index (χ3v) is 2.80. The Morgan fingerprint density at radius 2 is 2.20 bits per heavy atom. The molecule has 0 radical (unpaired) electrons. The minimum absolute atomic E-state index is 0.132. The van der Waals surface area contributed by atoms with Gasteiger partial charge in [-0.2, -0.15) is 0 Å². The molecule has 4 heteroatoms. The topological polar surface area (TPSA) is 43.1 Å². The largest absolute Gasteiger partial charge is 0.330 e. The molecule has 0 saturated heterocycles. The van der Waals surface area contributed by atoms with Gasteiger partial charge in [-0.05, 0) is 30.7 Å². The maximum atomic E-state index is 12.8. The molecule has 0 aliphatic rings. The van der Waals surface area contributed by atoms with Crippen LogP contribution in [0, 0.1) is 5.82 Å². The lowest BCUT2D eigenvalue weighted by Gasteiger charge is -2.03. The van der Waals surface area contributed by atoms with Crippen LogP contribution in [0.25, 0.3) is 0 Å². The minimum atomic E-state index is -0.306. The average molecular weight is 274 g/mol. The molecule has 0 spiro atoms. The SMILES string of the molecule is NCCCC(=O)Cc1ccc(F)cc1Br. The van der Waals surface area contributed by atoms with Crippen LogP contribution in [-0.4, -0.2) is 12.3 Å². The molecule has 0 unspecified atom stereocenters. The van der Waals surface area contributed by atoms with Crippen LogP contribution in [0.15, 0.2) is 22.7 Å². The zero-order chi connectivity index (χ0) is 11.3. The highest BCUT2D eigenvalue weighted by Gasteiger charge is 2.07. The average Bonchev–Trinajstić information content (AvgIpc) is 2.19. The lowest BCUT2D eigenvalue weighted by Crippen LogP contribution is -2.07. The van der Waals surface area contributed by atoms with E-state index in [2.05, 4.69) is 15.9 Å². The fourth-order valence-electron chi connectivity index (χ4n) is 1.27. The van der Waals surface area contributed by atoms with Crippen molar-refractivity contribution in [3.63, 3.8) is 0 Å². The molecule has 0 aliphatic heterocycles. The van der Waals surface area contributed by atoms with Crippen LogP contribution in [0.1, 0.15) is 18.4 Å². The smallest absolute Gasteiger partial charge is 0.137 e. The fourth-order valence-corrected chi connectivity index (χ4v) is 1.76. The number of benzene rings is 1. The van der Waals surface area contributed by atoms with E-state index in [9.17, 15) is 9.18 Å². The second kappa shape index (κ2) is 5.98. The van der Waals surface area contributed by atoms with Gasteiger partial charge in [0.1, 0.15) is 11.6 Å². The van der Waals surface area contributed by atoms with Gasteiger partial charge in [0, 0.05) is 17.3 Å². The van der Waals surface area contributed by atoms with Crippen LogP contribution in [0.3, 0.4) is 0 Å². The van der Waals surface area contributed by atoms with Gasteiger partial charge in [-0.1, -0.05) is 22.0 Å². The molecule has 2 nitrogen and oxygen atoms in total. The monoisotopic (exact) mass is 273 g/mol. The van der Waals surface area contributed by atoms with E-state index in [1.54, 1.807) is 6.07 Å². The number of carbonyl (C=O) groups excluding carboxylic acids is 1. The first-order valence-electron chi connectivity index (χ1n) is 4.79. The Kier molecular flexibility index (Phi) is 4.91. The standard InChI is InChI=1S/C11H13BrFNO/c12-11-7-9(13)4-3-8(11)6-10(15)2-1-5-14/h3-4,7H,1-2,5-6,14H2. The molecule has 2 N–H and O–H groups in total. The lowest BCUT2D eigenvalue weighted by molar-refractivity contribution is -0.118. The van der Waals surface area contributed by atoms with Crippen molar-refractivity contribution in [2.24, 2.45) is 5.73 Å². The van der Waals surface area contributed by atoms with E-state index in [1.807, 2.05) is 0 Å². The summed E-state index contributed by atoms with van der Waals surface area (Å²) in [6.07, 6.45) is 1.53. The summed E-state index contributed by atoms with van der Waals surface area (Å²) in [6.45, 7) is 0.524. The third kappa shape index (κ3) is 4.10. The van der Waals surface area contributed by atoms with E-state index < -0.39 is 0 Å². The Labute approximate surface area is 96.8 Å². The van der Waals surface area contributed by atoms with Gasteiger partial charge in [0.05, 0.1) is 0 Å². The van der Waals surface area contributed by atoms with E-state index in [1.165, 1.54) is 12.1 Å². The van der Waals surface area contributed by atoms with Crippen molar-refractivity contribution >= 4 is 21.7 Å². The normalized spacial score (nSPS) is 10.3. The molecule has 82 valence electrons. The highest BCUT2D eigenvalue weighted by atomic mass is 79.9. The number of carbonyl (C=O) groups is 1. The Bertz CT molecular complexity index is 354. The Balaban J connectivity index is 2.60. The van der Waals surface area contributed by atoms with Gasteiger partial charge in [0.2, 0.25) is 0 Å². The molecule has 0 atom stereocenters. The summed E-state index contributed by atoms with van der Waals surface area (Å²) in [5.74, 6) is -0.173. The van der Waals surface area contributed by atoms with Gasteiger partial charge < -0.3 is 5.73 Å². The molecule has 15 heavy (non-hydrogen) atoms. The second-order valence-corrected chi connectivity index (χ2v) is 4.20. The summed E-state index contributed by atoms with van der Waals surface area (Å²) < 4.78 is 13.4. The molecular weight excluding hydrogens is 261 g/mol. The fraction of sp³-hybridized carbons (Fsp3) is 0.364. The molecule has 1 aromatic carbocycles. The molecule has 0 saturated carbocycles. The van der Waals surface area contributed by atoms with Crippen LogP contribution in [0.5, 0.6) is 0 Å². The molecule has 0 amide bonds. The highest BCUT2D eigenvalue weighted by Crippen LogP contribution is 2.19. The molecule has 0 aliphatic carbocycles. The maximum Gasteiger partial charge on any atom is 0.137 e. The Hall–Kier alpha value is -0.740. The number of nitrogens with two attached hydrogens (primary N) is 1. The molecule has 0 bridgehead atoms. The van der Waals surface area contributed by atoms with E-state index in [-0.39, 0.29) is 11.6 Å². The van der Waals surface area contributed by atoms with Crippen molar-refractivity contribution in [2.45, 2.75) is 19.3 Å². The van der Waals surface area contributed by atoms with Crippen molar-refractivity contribution in [3.8, 4) is 0 Å². The zero-order valence-corrected chi connectivity index (χ0v) is 9.89. The van der Waals surface area contributed by atoms with Gasteiger partial charge in [0.15, 0.2) is 0 Å². The van der Waals surface area contributed by atoms with Gasteiger partial charge in [-0.25, -0.2) is 4.39 Å². The van der Waals surface area contributed by atoms with Crippen molar-refractivity contribution in [2.75, 3.05) is 6.54 Å². The molecule has 1 rings (SSSR count). The number of Topliss-reactive ketones (excluding diaryl/α,β-unsaturated/α-hetero) is 1. The summed E-state index contributed by atoms with van der Waals surface area (Å²) in [6, 6.07) is 4.35. The lowest BCUT2D eigenvalue weighted by atomic mass is 10.1. The van der Waals surface area contributed by atoms with Crippen LogP contribution in [0.2, 0.25) is 0 Å². The van der Waals surface area contributed by atoms with E-state index in [0.29, 0.717) is 30.3 Å². The van der Waals surface area contributed by atoms with Gasteiger partial charge in [0.25, 0.3) is 0 Å². The van der Waals surface area contributed by atoms with Gasteiger partial charge in [-0.3, -0.25) is 4.79 Å². The summed E-state index contributed by atoms with van der Waals surface area (Å²) in [5.41, 5.74) is 6.13. The first kappa shape index (κ1) is 12.3. The van der Waals surface area contributed by atoms with Crippen LogP contribution in [0.4, 0.5) is 4.39 Å². The summed E-state index contributed by atoms with van der Waals surface area (Å²) in [7, 11) is 0. The van der Waals surface area contributed by atoms with E-state index in [0.717, 1.165) is 5.56 Å². The van der Waals surface area contributed by atoms with E-state index in [4.69, 9.17) is 5.73 Å². The Morgan fingerprint density at radius 3 is 2.80 bits per heavy atom.